The summed E-state index contributed by atoms with van der Waals surface area (Å²) in [5.41, 5.74) is 4.23. The highest BCUT2D eigenvalue weighted by atomic mass is 16.5. The standard InChI is InChI=1S/C18H20O/c1-3-7-15(8-4-1)14-19-18-12-11-16-9-5-2-6-10-17(16)13-18/h1,3-4,7-8,11-13H,2,5-6,9-10,14H2. The van der Waals surface area contributed by atoms with E-state index in [1.54, 1.807) is 0 Å². The van der Waals surface area contributed by atoms with Gasteiger partial charge in [-0.05, 0) is 54.5 Å². The molecule has 0 bridgehead atoms. The van der Waals surface area contributed by atoms with Gasteiger partial charge < -0.3 is 4.74 Å². The summed E-state index contributed by atoms with van der Waals surface area (Å²) in [5.74, 6) is 1.00. The maximum absolute atomic E-state index is 5.90. The minimum absolute atomic E-state index is 0.652. The quantitative estimate of drug-likeness (QED) is 0.729. The molecule has 1 heteroatoms. The van der Waals surface area contributed by atoms with E-state index in [1.807, 2.05) is 6.07 Å². The number of ether oxygens (including phenoxy) is 1. The monoisotopic (exact) mass is 252 g/mol. The SMILES string of the molecule is c1ccc(COc2ccc3c(c2)CCCCC3)cc1. The summed E-state index contributed by atoms with van der Waals surface area (Å²) in [6.45, 7) is 0.652. The third kappa shape index (κ3) is 3.17. The lowest BCUT2D eigenvalue weighted by molar-refractivity contribution is 0.306. The van der Waals surface area contributed by atoms with Gasteiger partial charge in [0.25, 0.3) is 0 Å². The van der Waals surface area contributed by atoms with Crippen molar-refractivity contribution in [3.05, 3.63) is 65.2 Å². The molecule has 0 radical (unpaired) electrons. The Morgan fingerprint density at radius 3 is 2.42 bits per heavy atom. The van der Waals surface area contributed by atoms with Gasteiger partial charge in [0.05, 0.1) is 0 Å². The molecule has 19 heavy (non-hydrogen) atoms. The van der Waals surface area contributed by atoms with Gasteiger partial charge >= 0.3 is 0 Å². The molecule has 0 fully saturated rings. The normalized spacial score (nSPS) is 14.5. The van der Waals surface area contributed by atoms with Crippen LogP contribution in [0.15, 0.2) is 48.5 Å². The van der Waals surface area contributed by atoms with Gasteiger partial charge in [0.1, 0.15) is 12.4 Å². The lowest BCUT2D eigenvalue weighted by atomic mass is 10.0. The van der Waals surface area contributed by atoms with Crippen LogP contribution in [-0.2, 0) is 19.4 Å². The molecule has 1 nitrogen and oxygen atoms in total. The molecule has 0 aromatic heterocycles. The summed E-state index contributed by atoms with van der Waals surface area (Å²) < 4.78 is 5.90. The van der Waals surface area contributed by atoms with Gasteiger partial charge in [-0.1, -0.05) is 42.8 Å². The van der Waals surface area contributed by atoms with E-state index in [2.05, 4.69) is 42.5 Å². The van der Waals surface area contributed by atoms with Crippen LogP contribution in [0.1, 0.15) is 36.0 Å². The van der Waals surface area contributed by atoms with Gasteiger partial charge in [0.15, 0.2) is 0 Å². The largest absolute Gasteiger partial charge is 0.489 e. The maximum atomic E-state index is 5.90. The van der Waals surface area contributed by atoms with Crippen molar-refractivity contribution < 1.29 is 4.74 Å². The summed E-state index contributed by atoms with van der Waals surface area (Å²) in [5, 5.41) is 0. The number of hydrogen-bond acceptors (Lipinski definition) is 1. The number of aryl methyl sites for hydroxylation is 2. The second-order valence-electron chi connectivity index (χ2n) is 5.27. The number of benzene rings is 2. The van der Waals surface area contributed by atoms with E-state index in [1.165, 1.54) is 48.8 Å². The minimum atomic E-state index is 0.652. The second kappa shape index (κ2) is 5.92. The summed E-state index contributed by atoms with van der Waals surface area (Å²) in [6.07, 6.45) is 6.44. The van der Waals surface area contributed by atoms with Gasteiger partial charge in [-0.15, -0.1) is 0 Å². The average Bonchev–Trinajstić information content (AvgIpc) is 2.71. The Morgan fingerprint density at radius 1 is 0.789 bits per heavy atom. The van der Waals surface area contributed by atoms with Crippen molar-refractivity contribution in [2.45, 2.75) is 38.7 Å². The third-order valence-corrected chi connectivity index (χ3v) is 3.82. The first-order chi connectivity index (χ1) is 9.42. The number of fused-ring (bicyclic) bond motifs is 1. The zero-order chi connectivity index (χ0) is 12.9. The fraction of sp³-hybridized carbons (Fsp3) is 0.333. The predicted octanol–water partition coefficient (Wildman–Crippen LogP) is 4.53. The van der Waals surface area contributed by atoms with Gasteiger partial charge in [-0.25, -0.2) is 0 Å². The van der Waals surface area contributed by atoms with E-state index in [4.69, 9.17) is 4.74 Å². The molecular weight excluding hydrogens is 232 g/mol. The van der Waals surface area contributed by atoms with Crippen LogP contribution in [0.2, 0.25) is 0 Å². The molecule has 0 heterocycles. The molecule has 0 atom stereocenters. The molecule has 2 aromatic carbocycles. The molecule has 0 aliphatic heterocycles. The summed E-state index contributed by atoms with van der Waals surface area (Å²) in [4.78, 5) is 0. The van der Waals surface area contributed by atoms with E-state index < -0.39 is 0 Å². The number of rotatable bonds is 3. The summed E-state index contributed by atoms with van der Waals surface area (Å²) in [7, 11) is 0. The Balaban J connectivity index is 1.70. The fourth-order valence-electron chi connectivity index (χ4n) is 2.72. The molecular formula is C18H20O. The first-order valence-corrected chi connectivity index (χ1v) is 7.20. The first kappa shape index (κ1) is 12.3. The predicted molar refractivity (Wildman–Crippen MR) is 78.5 cm³/mol. The van der Waals surface area contributed by atoms with Crippen molar-refractivity contribution in [2.75, 3.05) is 0 Å². The van der Waals surface area contributed by atoms with E-state index in [9.17, 15) is 0 Å². The van der Waals surface area contributed by atoms with Crippen LogP contribution in [0.4, 0.5) is 0 Å². The highest BCUT2D eigenvalue weighted by Crippen LogP contribution is 2.25. The Kier molecular flexibility index (Phi) is 3.83. The van der Waals surface area contributed by atoms with Crippen molar-refractivity contribution in [1.29, 1.82) is 0 Å². The van der Waals surface area contributed by atoms with Crippen LogP contribution in [-0.4, -0.2) is 0 Å². The smallest absolute Gasteiger partial charge is 0.120 e. The Hall–Kier alpha value is -1.76. The van der Waals surface area contributed by atoms with Gasteiger partial charge in [-0.2, -0.15) is 0 Å². The van der Waals surface area contributed by atoms with Crippen LogP contribution in [0.25, 0.3) is 0 Å². The van der Waals surface area contributed by atoms with Crippen LogP contribution in [0.5, 0.6) is 5.75 Å². The molecule has 0 unspecified atom stereocenters. The van der Waals surface area contributed by atoms with Crippen LogP contribution >= 0.6 is 0 Å². The molecule has 2 aromatic rings. The summed E-state index contributed by atoms with van der Waals surface area (Å²) >= 11 is 0. The molecule has 3 rings (SSSR count). The van der Waals surface area contributed by atoms with E-state index in [0.29, 0.717) is 6.61 Å². The summed E-state index contributed by atoms with van der Waals surface area (Å²) in [6, 6.07) is 16.9. The van der Waals surface area contributed by atoms with Gasteiger partial charge in [0.2, 0.25) is 0 Å². The molecule has 0 N–H and O–H groups in total. The van der Waals surface area contributed by atoms with Crippen molar-refractivity contribution in [2.24, 2.45) is 0 Å². The lowest BCUT2D eigenvalue weighted by Gasteiger charge is -2.10. The van der Waals surface area contributed by atoms with Crippen LogP contribution < -0.4 is 4.74 Å². The highest BCUT2D eigenvalue weighted by molar-refractivity contribution is 5.36. The highest BCUT2D eigenvalue weighted by Gasteiger charge is 2.08. The van der Waals surface area contributed by atoms with Crippen molar-refractivity contribution in [3.8, 4) is 5.75 Å². The topological polar surface area (TPSA) is 9.23 Å². The molecule has 0 saturated carbocycles. The van der Waals surface area contributed by atoms with E-state index >= 15 is 0 Å². The zero-order valence-corrected chi connectivity index (χ0v) is 11.3. The fourth-order valence-corrected chi connectivity index (χ4v) is 2.72. The zero-order valence-electron chi connectivity index (χ0n) is 11.3. The van der Waals surface area contributed by atoms with Crippen molar-refractivity contribution in [1.82, 2.24) is 0 Å². The Labute approximate surface area is 115 Å². The van der Waals surface area contributed by atoms with Gasteiger partial charge in [-0.3, -0.25) is 0 Å². The van der Waals surface area contributed by atoms with Crippen molar-refractivity contribution in [3.63, 3.8) is 0 Å². The second-order valence-corrected chi connectivity index (χ2v) is 5.27. The minimum Gasteiger partial charge on any atom is -0.489 e. The molecule has 1 aliphatic rings. The van der Waals surface area contributed by atoms with Crippen molar-refractivity contribution >= 4 is 0 Å². The van der Waals surface area contributed by atoms with E-state index in [-0.39, 0.29) is 0 Å². The Bertz CT molecular complexity index is 531. The molecule has 0 saturated heterocycles. The van der Waals surface area contributed by atoms with Crippen LogP contribution in [0.3, 0.4) is 0 Å². The first-order valence-electron chi connectivity index (χ1n) is 7.20. The van der Waals surface area contributed by atoms with Crippen LogP contribution in [0, 0.1) is 0 Å². The molecule has 0 spiro atoms. The van der Waals surface area contributed by atoms with Gasteiger partial charge in [0, 0.05) is 0 Å². The van der Waals surface area contributed by atoms with E-state index in [0.717, 1.165) is 5.75 Å². The number of hydrogen-bond donors (Lipinski definition) is 0. The maximum Gasteiger partial charge on any atom is 0.120 e. The molecule has 98 valence electrons. The average molecular weight is 252 g/mol. The Morgan fingerprint density at radius 2 is 1.58 bits per heavy atom. The lowest BCUT2D eigenvalue weighted by Crippen LogP contribution is -1.97. The third-order valence-electron chi connectivity index (χ3n) is 3.82. The molecule has 1 aliphatic carbocycles. The molecule has 0 amide bonds.